The van der Waals surface area contributed by atoms with Gasteiger partial charge in [-0.05, 0) is 48.9 Å². The summed E-state index contributed by atoms with van der Waals surface area (Å²) in [5, 5.41) is 21.7. The number of nitrogens with one attached hydrogen (secondary N) is 1. The van der Waals surface area contributed by atoms with Crippen LogP contribution in [0.25, 0.3) is 5.70 Å². The molecule has 0 bridgehead atoms. The van der Waals surface area contributed by atoms with Crippen LogP contribution in [0.4, 0.5) is 5.69 Å². The molecule has 0 aliphatic rings. The normalized spacial score (nSPS) is 10.3. The van der Waals surface area contributed by atoms with Gasteiger partial charge in [-0.2, -0.15) is 10.5 Å². The topological polar surface area (TPSA) is 59.6 Å². The van der Waals surface area contributed by atoms with Crippen molar-refractivity contribution in [2.45, 2.75) is 6.92 Å². The Hall–Kier alpha value is -3.01. The molecule has 2 aromatic carbocycles. The standard InChI is InChI=1S/C19H14ClN3/c1-14-2-5-16(6-3-14)19(11-4-15(12-21)13-22)23-18-9-7-17(20)8-10-18/h2-11,23H,1H3/b19-11+. The average molecular weight is 320 g/mol. The van der Waals surface area contributed by atoms with Crippen molar-refractivity contribution in [1.29, 1.82) is 10.5 Å². The molecule has 0 aliphatic carbocycles. The van der Waals surface area contributed by atoms with Crippen LogP contribution in [0.15, 0.2) is 66.3 Å². The lowest BCUT2D eigenvalue weighted by molar-refractivity contribution is 1.44. The summed E-state index contributed by atoms with van der Waals surface area (Å²) >= 11 is 5.90. The van der Waals surface area contributed by atoms with E-state index in [-0.39, 0.29) is 5.57 Å². The van der Waals surface area contributed by atoms with Crippen LogP contribution in [0.1, 0.15) is 11.1 Å². The van der Waals surface area contributed by atoms with E-state index in [0.29, 0.717) is 5.02 Å². The van der Waals surface area contributed by atoms with E-state index in [1.54, 1.807) is 18.2 Å². The summed E-state index contributed by atoms with van der Waals surface area (Å²) in [4.78, 5) is 0. The van der Waals surface area contributed by atoms with Gasteiger partial charge in [0.25, 0.3) is 0 Å². The van der Waals surface area contributed by atoms with Crippen LogP contribution in [0.5, 0.6) is 0 Å². The zero-order valence-corrected chi connectivity index (χ0v) is 13.3. The number of nitriles is 2. The number of aryl methyl sites for hydroxylation is 1. The van der Waals surface area contributed by atoms with Crippen LogP contribution < -0.4 is 5.32 Å². The lowest BCUT2D eigenvalue weighted by atomic mass is 10.1. The minimum Gasteiger partial charge on any atom is -0.355 e. The second kappa shape index (κ2) is 7.84. The number of anilines is 1. The van der Waals surface area contributed by atoms with Gasteiger partial charge < -0.3 is 5.32 Å². The molecule has 0 spiro atoms. The summed E-state index contributed by atoms with van der Waals surface area (Å²) in [5.74, 6) is 0. The fraction of sp³-hybridized carbons (Fsp3) is 0.0526. The van der Waals surface area contributed by atoms with E-state index < -0.39 is 0 Å². The molecular formula is C19H14ClN3. The van der Waals surface area contributed by atoms with Gasteiger partial charge in [0, 0.05) is 16.4 Å². The monoisotopic (exact) mass is 319 g/mol. The summed E-state index contributed by atoms with van der Waals surface area (Å²) in [5.41, 5.74) is 3.81. The Morgan fingerprint density at radius 3 is 2.13 bits per heavy atom. The van der Waals surface area contributed by atoms with Crippen molar-refractivity contribution < 1.29 is 0 Å². The third-order valence-electron chi connectivity index (χ3n) is 3.14. The fourth-order valence-corrected chi connectivity index (χ4v) is 2.02. The van der Waals surface area contributed by atoms with E-state index in [0.717, 1.165) is 22.5 Å². The number of hydrogen-bond donors (Lipinski definition) is 1. The van der Waals surface area contributed by atoms with Crippen LogP contribution in [0.3, 0.4) is 0 Å². The van der Waals surface area contributed by atoms with Crippen molar-refractivity contribution in [3.63, 3.8) is 0 Å². The Morgan fingerprint density at radius 1 is 0.957 bits per heavy atom. The molecule has 23 heavy (non-hydrogen) atoms. The predicted molar refractivity (Wildman–Crippen MR) is 93.5 cm³/mol. The van der Waals surface area contributed by atoms with Crippen LogP contribution in [-0.2, 0) is 0 Å². The zero-order chi connectivity index (χ0) is 16.7. The maximum Gasteiger partial charge on any atom is 0.129 e. The van der Waals surface area contributed by atoms with Crippen LogP contribution in [-0.4, -0.2) is 0 Å². The molecule has 0 amide bonds. The predicted octanol–water partition coefficient (Wildman–Crippen LogP) is 5.07. The minimum absolute atomic E-state index is 0.0486. The number of rotatable bonds is 4. The maximum atomic E-state index is 8.86. The van der Waals surface area contributed by atoms with Gasteiger partial charge in [-0.15, -0.1) is 0 Å². The lowest BCUT2D eigenvalue weighted by Gasteiger charge is -2.11. The second-order valence-electron chi connectivity index (χ2n) is 4.88. The first-order chi connectivity index (χ1) is 11.1. The highest BCUT2D eigenvalue weighted by Crippen LogP contribution is 2.21. The Kier molecular flexibility index (Phi) is 5.58. The molecule has 0 radical (unpaired) electrons. The average Bonchev–Trinajstić information content (AvgIpc) is 2.57. The molecule has 0 saturated carbocycles. The fourth-order valence-electron chi connectivity index (χ4n) is 1.90. The highest BCUT2D eigenvalue weighted by Gasteiger charge is 2.02. The van der Waals surface area contributed by atoms with Gasteiger partial charge in [0.15, 0.2) is 0 Å². The molecule has 2 aromatic rings. The molecule has 0 unspecified atom stereocenters. The van der Waals surface area contributed by atoms with Gasteiger partial charge in [-0.25, -0.2) is 0 Å². The maximum absolute atomic E-state index is 8.86. The first kappa shape index (κ1) is 16.4. The summed E-state index contributed by atoms with van der Waals surface area (Å²) in [7, 11) is 0. The number of nitrogens with zero attached hydrogens (tertiary/aromatic N) is 2. The third kappa shape index (κ3) is 4.74. The van der Waals surface area contributed by atoms with E-state index >= 15 is 0 Å². The quantitative estimate of drug-likeness (QED) is 0.631. The number of benzene rings is 2. The first-order valence-corrected chi connectivity index (χ1v) is 7.32. The molecule has 0 fully saturated rings. The Bertz CT molecular complexity index is 801. The van der Waals surface area contributed by atoms with Crippen molar-refractivity contribution >= 4 is 23.0 Å². The smallest absolute Gasteiger partial charge is 0.129 e. The molecule has 2 rings (SSSR count). The molecular weight excluding hydrogens is 306 g/mol. The number of halogens is 1. The van der Waals surface area contributed by atoms with Gasteiger partial charge in [-0.1, -0.05) is 41.4 Å². The van der Waals surface area contributed by atoms with E-state index in [4.69, 9.17) is 22.1 Å². The molecule has 3 nitrogen and oxygen atoms in total. The summed E-state index contributed by atoms with van der Waals surface area (Å²) in [6.45, 7) is 2.02. The summed E-state index contributed by atoms with van der Waals surface area (Å²) in [6, 6.07) is 19.0. The minimum atomic E-state index is 0.0486. The molecule has 0 heterocycles. The molecule has 0 saturated heterocycles. The Labute approximate surface area is 140 Å². The van der Waals surface area contributed by atoms with Gasteiger partial charge in [-0.3, -0.25) is 0 Å². The highest BCUT2D eigenvalue weighted by molar-refractivity contribution is 6.30. The van der Waals surface area contributed by atoms with Crippen molar-refractivity contribution in [1.82, 2.24) is 0 Å². The van der Waals surface area contributed by atoms with E-state index in [2.05, 4.69) is 5.32 Å². The van der Waals surface area contributed by atoms with Gasteiger partial charge in [0.1, 0.15) is 17.7 Å². The van der Waals surface area contributed by atoms with E-state index in [1.807, 2.05) is 55.5 Å². The molecule has 112 valence electrons. The van der Waals surface area contributed by atoms with Crippen molar-refractivity contribution in [2.75, 3.05) is 5.32 Å². The molecule has 1 N–H and O–H groups in total. The molecule has 4 heteroatoms. The van der Waals surface area contributed by atoms with Gasteiger partial charge >= 0.3 is 0 Å². The van der Waals surface area contributed by atoms with E-state index in [9.17, 15) is 0 Å². The zero-order valence-electron chi connectivity index (χ0n) is 12.5. The third-order valence-corrected chi connectivity index (χ3v) is 3.40. The summed E-state index contributed by atoms with van der Waals surface area (Å²) < 4.78 is 0. The lowest BCUT2D eigenvalue weighted by Crippen LogP contribution is -1.98. The second-order valence-corrected chi connectivity index (χ2v) is 5.32. The van der Waals surface area contributed by atoms with Crippen molar-refractivity contribution in [3.8, 4) is 12.1 Å². The number of hydrogen-bond acceptors (Lipinski definition) is 3. The van der Waals surface area contributed by atoms with Crippen molar-refractivity contribution in [2.24, 2.45) is 0 Å². The Morgan fingerprint density at radius 2 is 1.57 bits per heavy atom. The van der Waals surface area contributed by atoms with E-state index in [1.165, 1.54) is 6.08 Å². The number of allylic oxidation sites excluding steroid dienone is 3. The van der Waals surface area contributed by atoms with Crippen LogP contribution in [0.2, 0.25) is 5.02 Å². The molecule has 0 atom stereocenters. The SMILES string of the molecule is Cc1ccc(/C(=C\C=C(C#N)C#N)Nc2ccc(Cl)cc2)cc1. The molecule has 0 aromatic heterocycles. The van der Waals surface area contributed by atoms with Crippen molar-refractivity contribution in [3.05, 3.63) is 82.4 Å². The summed E-state index contributed by atoms with van der Waals surface area (Å²) in [6.07, 6.45) is 3.22. The van der Waals surface area contributed by atoms with Gasteiger partial charge in [0.05, 0.1) is 0 Å². The Balaban J connectivity index is 2.39. The van der Waals surface area contributed by atoms with Gasteiger partial charge in [0.2, 0.25) is 0 Å². The highest BCUT2D eigenvalue weighted by atomic mass is 35.5. The first-order valence-electron chi connectivity index (χ1n) is 6.94. The van der Waals surface area contributed by atoms with Crippen LogP contribution >= 0.6 is 11.6 Å². The molecule has 0 aliphatic heterocycles. The largest absolute Gasteiger partial charge is 0.355 e. The van der Waals surface area contributed by atoms with Crippen LogP contribution in [0, 0.1) is 29.6 Å².